The summed E-state index contributed by atoms with van der Waals surface area (Å²) < 4.78 is 0. The molecular weight excluding hydrogens is 324 g/mol. The molecule has 0 aromatic carbocycles. The fourth-order valence-corrected chi connectivity index (χ4v) is 5.02. The Hall–Kier alpha value is -1.73. The molecule has 0 bridgehead atoms. The lowest BCUT2D eigenvalue weighted by Gasteiger charge is -2.23. The molecule has 128 valence electrons. The fourth-order valence-electron chi connectivity index (χ4n) is 3.74. The Morgan fingerprint density at radius 1 is 1.42 bits per heavy atom. The van der Waals surface area contributed by atoms with Crippen LogP contribution < -0.4 is 10.9 Å². The minimum absolute atomic E-state index is 0.0461. The van der Waals surface area contributed by atoms with Crippen LogP contribution in [0.3, 0.4) is 0 Å². The zero-order valence-electron chi connectivity index (χ0n) is 13.9. The van der Waals surface area contributed by atoms with E-state index in [4.69, 9.17) is 0 Å². The van der Waals surface area contributed by atoms with Gasteiger partial charge in [-0.05, 0) is 37.8 Å². The number of hydrogen-bond donors (Lipinski definition) is 2. The Labute approximate surface area is 144 Å². The van der Waals surface area contributed by atoms with Crippen LogP contribution in [0.2, 0.25) is 0 Å². The van der Waals surface area contributed by atoms with Crippen LogP contribution in [0.25, 0.3) is 10.2 Å². The first kappa shape index (κ1) is 15.8. The molecule has 6 nitrogen and oxygen atoms in total. The summed E-state index contributed by atoms with van der Waals surface area (Å²) in [6.07, 6.45) is 5.05. The van der Waals surface area contributed by atoms with Crippen molar-refractivity contribution in [3.8, 4) is 0 Å². The molecule has 4 rings (SSSR count). The minimum atomic E-state index is -0.0461. The van der Waals surface area contributed by atoms with Crippen molar-refractivity contribution in [2.24, 2.45) is 0 Å². The van der Waals surface area contributed by atoms with Gasteiger partial charge in [-0.1, -0.05) is 0 Å². The van der Waals surface area contributed by atoms with E-state index in [-0.39, 0.29) is 17.5 Å². The van der Waals surface area contributed by atoms with Crippen molar-refractivity contribution >= 4 is 27.5 Å². The molecule has 24 heavy (non-hydrogen) atoms. The van der Waals surface area contributed by atoms with E-state index in [1.54, 1.807) is 11.3 Å². The summed E-state index contributed by atoms with van der Waals surface area (Å²) in [6, 6.07) is 0.284. The largest absolute Gasteiger partial charge is 0.341 e. The van der Waals surface area contributed by atoms with E-state index in [0.29, 0.717) is 18.7 Å². The molecule has 1 atom stereocenters. The van der Waals surface area contributed by atoms with Gasteiger partial charge in [-0.15, -0.1) is 11.3 Å². The van der Waals surface area contributed by atoms with E-state index >= 15 is 0 Å². The van der Waals surface area contributed by atoms with Gasteiger partial charge in [0, 0.05) is 37.4 Å². The summed E-state index contributed by atoms with van der Waals surface area (Å²) in [6.45, 7) is 1.83. The highest BCUT2D eigenvalue weighted by atomic mass is 32.1. The lowest BCUT2D eigenvalue weighted by atomic mass is 10.2. The number of thiophene rings is 1. The Balaban J connectivity index is 1.49. The quantitative estimate of drug-likeness (QED) is 0.873. The molecule has 1 amide bonds. The molecule has 0 spiro atoms. The van der Waals surface area contributed by atoms with Gasteiger partial charge in [-0.3, -0.25) is 9.59 Å². The van der Waals surface area contributed by atoms with Crippen molar-refractivity contribution in [2.45, 2.75) is 44.6 Å². The lowest BCUT2D eigenvalue weighted by Crippen LogP contribution is -2.38. The number of fused-ring (bicyclic) bond motifs is 3. The van der Waals surface area contributed by atoms with Gasteiger partial charge < -0.3 is 15.2 Å². The van der Waals surface area contributed by atoms with Crippen LogP contribution in [0.1, 0.15) is 35.5 Å². The summed E-state index contributed by atoms with van der Waals surface area (Å²) >= 11 is 1.64. The molecule has 3 heterocycles. The van der Waals surface area contributed by atoms with Crippen molar-refractivity contribution in [1.82, 2.24) is 20.2 Å². The van der Waals surface area contributed by atoms with Gasteiger partial charge in [0.25, 0.3) is 5.56 Å². The SMILES string of the molecule is CN(C(=O)CCc1nc2sc3c(c2c(=O)[nH]1)CCC3)C1CCNC1. The van der Waals surface area contributed by atoms with Crippen LogP contribution in [0, 0.1) is 0 Å². The topological polar surface area (TPSA) is 78.1 Å². The Morgan fingerprint density at radius 3 is 3.08 bits per heavy atom. The molecule has 1 saturated heterocycles. The number of nitrogens with zero attached hydrogens (tertiary/aromatic N) is 2. The van der Waals surface area contributed by atoms with Crippen molar-refractivity contribution in [1.29, 1.82) is 0 Å². The first-order valence-electron chi connectivity index (χ1n) is 8.63. The predicted octanol–water partition coefficient (Wildman–Crippen LogP) is 1.23. The number of carbonyl (C=O) groups excluding carboxylic acids is 1. The lowest BCUT2D eigenvalue weighted by molar-refractivity contribution is -0.131. The fraction of sp³-hybridized carbons (Fsp3) is 0.588. The van der Waals surface area contributed by atoms with Crippen LogP contribution in [0.15, 0.2) is 4.79 Å². The minimum Gasteiger partial charge on any atom is -0.341 e. The van der Waals surface area contributed by atoms with Gasteiger partial charge >= 0.3 is 0 Å². The average molecular weight is 346 g/mol. The molecule has 1 unspecified atom stereocenters. The molecule has 0 saturated carbocycles. The van der Waals surface area contributed by atoms with Gasteiger partial charge in [0.15, 0.2) is 0 Å². The summed E-state index contributed by atoms with van der Waals surface area (Å²) in [7, 11) is 1.86. The normalized spacial score (nSPS) is 19.8. The molecule has 2 aromatic heterocycles. The number of aromatic nitrogens is 2. The second kappa shape index (κ2) is 6.29. The highest BCUT2D eigenvalue weighted by Gasteiger charge is 2.24. The third kappa shape index (κ3) is 2.75. The zero-order valence-corrected chi connectivity index (χ0v) is 14.7. The van der Waals surface area contributed by atoms with Crippen LogP contribution >= 0.6 is 11.3 Å². The number of H-pyrrole nitrogens is 1. The monoisotopic (exact) mass is 346 g/mol. The van der Waals surface area contributed by atoms with Crippen LogP contribution in [-0.4, -0.2) is 47.0 Å². The average Bonchev–Trinajstić information content (AvgIpc) is 3.27. The standard InChI is InChI=1S/C17H22N4O2S/c1-21(10-7-8-18-9-10)14(22)6-5-13-19-16(23)15-11-3-2-4-12(11)24-17(15)20-13/h10,18H,2-9H2,1H3,(H,19,20,23). The third-order valence-corrected chi connectivity index (χ3v) is 6.36. The second-order valence-electron chi connectivity index (χ2n) is 6.70. The molecule has 2 N–H and O–H groups in total. The molecule has 1 fully saturated rings. The number of likely N-dealkylation sites (N-methyl/N-ethyl adjacent to an activating group) is 1. The van der Waals surface area contributed by atoms with Crippen LogP contribution in [-0.2, 0) is 24.1 Å². The maximum atomic E-state index is 12.4. The Kier molecular flexibility index (Phi) is 4.14. The molecular formula is C17H22N4O2S. The Bertz CT molecular complexity index is 835. The van der Waals surface area contributed by atoms with E-state index in [1.807, 2.05) is 11.9 Å². The van der Waals surface area contributed by atoms with Crippen molar-refractivity contribution in [3.63, 3.8) is 0 Å². The first-order valence-corrected chi connectivity index (χ1v) is 9.45. The van der Waals surface area contributed by atoms with Gasteiger partial charge in [0.05, 0.1) is 5.39 Å². The second-order valence-corrected chi connectivity index (χ2v) is 7.79. The number of amides is 1. The summed E-state index contributed by atoms with van der Waals surface area (Å²) in [4.78, 5) is 36.2. The van der Waals surface area contributed by atoms with Gasteiger partial charge in [0.2, 0.25) is 5.91 Å². The first-order chi connectivity index (χ1) is 11.6. The van der Waals surface area contributed by atoms with E-state index < -0.39 is 0 Å². The highest BCUT2D eigenvalue weighted by molar-refractivity contribution is 7.18. The maximum absolute atomic E-state index is 12.4. The summed E-state index contributed by atoms with van der Waals surface area (Å²) in [5.74, 6) is 0.735. The molecule has 0 radical (unpaired) electrons. The summed E-state index contributed by atoms with van der Waals surface area (Å²) in [5.41, 5.74) is 1.15. The molecule has 2 aliphatic rings. The predicted molar refractivity (Wildman–Crippen MR) is 94.6 cm³/mol. The smallest absolute Gasteiger partial charge is 0.259 e. The summed E-state index contributed by atoms with van der Waals surface area (Å²) in [5, 5.41) is 4.05. The number of aromatic amines is 1. The number of carbonyl (C=O) groups is 1. The molecule has 1 aliphatic carbocycles. The van der Waals surface area contributed by atoms with Crippen LogP contribution in [0.4, 0.5) is 0 Å². The van der Waals surface area contributed by atoms with Gasteiger partial charge in [0.1, 0.15) is 10.7 Å². The number of nitrogens with one attached hydrogen (secondary N) is 2. The number of rotatable bonds is 4. The van der Waals surface area contributed by atoms with Gasteiger partial charge in [-0.2, -0.15) is 0 Å². The van der Waals surface area contributed by atoms with E-state index in [9.17, 15) is 9.59 Å². The molecule has 7 heteroatoms. The number of hydrogen-bond acceptors (Lipinski definition) is 5. The maximum Gasteiger partial charge on any atom is 0.259 e. The molecule has 1 aliphatic heterocycles. The van der Waals surface area contributed by atoms with Crippen LogP contribution in [0.5, 0.6) is 0 Å². The third-order valence-electron chi connectivity index (χ3n) is 5.18. The highest BCUT2D eigenvalue weighted by Crippen LogP contribution is 2.34. The number of aryl methyl sites for hydroxylation is 3. The van der Waals surface area contributed by atoms with Gasteiger partial charge in [-0.25, -0.2) is 4.98 Å². The van der Waals surface area contributed by atoms with Crippen molar-refractivity contribution in [2.75, 3.05) is 20.1 Å². The van der Waals surface area contributed by atoms with Crippen molar-refractivity contribution in [3.05, 3.63) is 26.6 Å². The van der Waals surface area contributed by atoms with E-state index in [2.05, 4.69) is 15.3 Å². The Morgan fingerprint density at radius 2 is 2.29 bits per heavy atom. The van der Waals surface area contributed by atoms with E-state index in [0.717, 1.165) is 49.0 Å². The van der Waals surface area contributed by atoms with E-state index in [1.165, 1.54) is 10.4 Å². The van der Waals surface area contributed by atoms with Crippen molar-refractivity contribution < 1.29 is 4.79 Å². The molecule has 2 aromatic rings. The zero-order chi connectivity index (χ0) is 16.7.